The first-order chi connectivity index (χ1) is 7.33. The molecule has 0 atom stereocenters. The molecule has 0 unspecified atom stereocenters. The molecule has 1 fully saturated rings. The molecular weight excluding hydrogens is 210 g/mol. The Hall–Kier alpha value is -0.220. The molecule has 0 radical (unpaired) electrons. The zero-order chi connectivity index (χ0) is 10.9. The zero-order valence-electron chi connectivity index (χ0n) is 9.59. The molecule has 0 saturated carbocycles. The number of rotatable bonds is 6. The van der Waals surface area contributed by atoms with Gasteiger partial charge in [0.2, 0.25) is 0 Å². The molecule has 1 aliphatic rings. The molecule has 0 spiro atoms. The van der Waals surface area contributed by atoms with Crippen LogP contribution in [0.2, 0.25) is 0 Å². The summed E-state index contributed by atoms with van der Waals surface area (Å²) in [6, 6.07) is 0. The third-order valence-corrected chi connectivity index (χ3v) is 3.62. The van der Waals surface area contributed by atoms with Crippen molar-refractivity contribution in [2.45, 2.75) is 26.2 Å². The van der Waals surface area contributed by atoms with Gasteiger partial charge < -0.3 is 9.64 Å². The lowest BCUT2D eigenvalue weighted by atomic mass is 10.1. The lowest BCUT2D eigenvalue weighted by Gasteiger charge is -2.23. The van der Waals surface area contributed by atoms with Crippen molar-refractivity contribution in [3.8, 4) is 0 Å². The fraction of sp³-hybridized carbons (Fsp3) is 0.909. The minimum Gasteiger partial charge on any atom is -0.465 e. The van der Waals surface area contributed by atoms with E-state index in [4.69, 9.17) is 4.74 Å². The highest BCUT2D eigenvalue weighted by Crippen LogP contribution is 1.99. The Morgan fingerprint density at radius 1 is 1.33 bits per heavy atom. The largest absolute Gasteiger partial charge is 0.465 e. The van der Waals surface area contributed by atoms with Gasteiger partial charge in [-0.15, -0.1) is 11.8 Å². The van der Waals surface area contributed by atoms with Crippen molar-refractivity contribution in [1.29, 1.82) is 0 Å². The summed E-state index contributed by atoms with van der Waals surface area (Å²) in [6.07, 6.45) is 4.15. The molecule has 1 N–H and O–H groups in total. The summed E-state index contributed by atoms with van der Waals surface area (Å²) in [7, 11) is 0. The molecule has 0 aliphatic carbocycles. The lowest BCUT2D eigenvalue weighted by molar-refractivity contribution is -0.902. The molecule has 0 aromatic carbocycles. The van der Waals surface area contributed by atoms with Crippen LogP contribution in [0.15, 0.2) is 0 Å². The van der Waals surface area contributed by atoms with Gasteiger partial charge in [-0.1, -0.05) is 0 Å². The van der Waals surface area contributed by atoms with Crippen LogP contribution in [0.25, 0.3) is 0 Å². The number of nitrogens with one attached hydrogen (secondary N) is 1. The SMILES string of the molecule is CCOC(=O)CSCC[NH+]1CCCCC1. The number of hydrogen-bond donors (Lipinski definition) is 1. The summed E-state index contributed by atoms with van der Waals surface area (Å²) in [4.78, 5) is 12.8. The number of thioether (sulfide) groups is 1. The number of likely N-dealkylation sites (tertiary alicyclic amines) is 1. The Bertz CT molecular complexity index is 181. The molecule has 3 nitrogen and oxygen atoms in total. The number of ether oxygens (including phenoxy) is 1. The molecular formula is C11H22NO2S+. The summed E-state index contributed by atoms with van der Waals surface area (Å²) >= 11 is 1.70. The molecule has 88 valence electrons. The topological polar surface area (TPSA) is 30.7 Å². The molecule has 1 rings (SSSR count). The Kier molecular flexibility index (Phi) is 6.85. The van der Waals surface area contributed by atoms with E-state index in [9.17, 15) is 4.79 Å². The number of quaternary nitrogens is 1. The number of esters is 1. The molecule has 15 heavy (non-hydrogen) atoms. The predicted octanol–water partition coefficient (Wildman–Crippen LogP) is 0.352. The normalized spacial score (nSPS) is 17.7. The Balaban J connectivity index is 1.93. The summed E-state index contributed by atoms with van der Waals surface area (Å²) in [6.45, 7) is 6.18. The van der Waals surface area contributed by atoms with Crippen LogP contribution in [0, 0.1) is 0 Å². The van der Waals surface area contributed by atoms with Gasteiger partial charge in [-0.2, -0.15) is 0 Å². The van der Waals surface area contributed by atoms with Crippen molar-refractivity contribution >= 4 is 17.7 Å². The van der Waals surface area contributed by atoms with Gasteiger partial charge >= 0.3 is 5.97 Å². The molecule has 0 aromatic heterocycles. The highest BCUT2D eigenvalue weighted by Gasteiger charge is 2.12. The summed E-state index contributed by atoms with van der Waals surface area (Å²) in [5, 5.41) is 0. The van der Waals surface area contributed by atoms with Gasteiger partial charge in [0, 0.05) is 5.75 Å². The first-order valence-corrected chi connectivity index (χ1v) is 7.05. The molecule has 4 heteroatoms. The molecule has 1 aliphatic heterocycles. The van der Waals surface area contributed by atoms with Crippen LogP contribution in [-0.2, 0) is 9.53 Å². The number of carbonyl (C=O) groups excluding carboxylic acids is 1. The zero-order valence-corrected chi connectivity index (χ0v) is 10.4. The maximum atomic E-state index is 11.0. The first-order valence-electron chi connectivity index (χ1n) is 5.90. The van der Waals surface area contributed by atoms with Crippen molar-refractivity contribution in [3.63, 3.8) is 0 Å². The van der Waals surface area contributed by atoms with Gasteiger partial charge in [-0.3, -0.25) is 4.79 Å². The van der Waals surface area contributed by atoms with Crippen molar-refractivity contribution in [2.75, 3.05) is 37.7 Å². The number of piperidine rings is 1. The van der Waals surface area contributed by atoms with Crippen LogP contribution >= 0.6 is 11.8 Å². The summed E-state index contributed by atoms with van der Waals surface area (Å²) < 4.78 is 4.87. The standard InChI is InChI=1S/C11H21NO2S/c1-2-14-11(13)10-15-9-8-12-6-4-3-5-7-12/h2-10H2,1H3/p+1. The average molecular weight is 232 g/mol. The maximum absolute atomic E-state index is 11.0. The summed E-state index contributed by atoms with van der Waals surface area (Å²) in [5.41, 5.74) is 0. The van der Waals surface area contributed by atoms with E-state index in [0.717, 1.165) is 5.75 Å². The van der Waals surface area contributed by atoms with Gasteiger partial charge in [0.1, 0.15) is 0 Å². The van der Waals surface area contributed by atoms with E-state index in [1.54, 1.807) is 16.7 Å². The Morgan fingerprint density at radius 2 is 2.07 bits per heavy atom. The van der Waals surface area contributed by atoms with Crippen LogP contribution in [0.5, 0.6) is 0 Å². The van der Waals surface area contributed by atoms with Gasteiger partial charge in [0.05, 0.1) is 32.0 Å². The van der Waals surface area contributed by atoms with E-state index in [2.05, 4.69) is 0 Å². The Labute approximate surface area is 96.5 Å². The Morgan fingerprint density at radius 3 is 2.73 bits per heavy atom. The molecule has 1 saturated heterocycles. The van der Waals surface area contributed by atoms with Crippen LogP contribution in [0.4, 0.5) is 0 Å². The third kappa shape index (κ3) is 6.05. The highest BCUT2D eigenvalue weighted by atomic mass is 32.2. The second-order valence-electron chi connectivity index (χ2n) is 3.92. The monoisotopic (exact) mass is 232 g/mol. The minimum atomic E-state index is -0.0730. The number of carbonyl (C=O) groups is 1. The van der Waals surface area contributed by atoms with Crippen molar-refractivity contribution in [3.05, 3.63) is 0 Å². The maximum Gasteiger partial charge on any atom is 0.315 e. The first kappa shape index (κ1) is 12.8. The molecule has 0 aromatic rings. The van der Waals surface area contributed by atoms with E-state index in [1.165, 1.54) is 38.9 Å². The van der Waals surface area contributed by atoms with Gasteiger partial charge in [-0.05, 0) is 26.2 Å². The van der Waals surface area contributed by atoms with E-state index < -0.39 is 0 Å². The van der Waals surface area contributed by atoms with E-state index in [0.29, 0.717) is 12.4 Å². The fourth-order valence-corrected chi connectivity index (χ4v) is 2.70. The average Bonchev–Trinajstić information content (AvgIpc) is 2.26. The van der Waals surface area contributed by atoms with Crippen LogP contribution in [0.3, 0.4) is 0 Å². The molecule has 0 bridgehead atoms. The fourth-order valence-electron chi connectivity index (χ4n) is 1.88. The predicted molar refractivity (Wildman–Crippen MR) is 63.4 cm³/mol. The van der Waals surface area contributed by atoms with Crippen LogP contribution < -0.4 is 4.90 Å². The minimum absolute atomic E-state index is 0.0730. The second kappa shape index (κ2) is 7.99. The highest BCUT2D eigenvalue weighted by molar-refractivity contribution is 7.99. The van der Waals surface area contributed by atoms with Crippen LogP contribution in [0.1, 0.15) is 26.2 Å². The van der Waals surface area contributed by atoms with Gasteiger partial charge in [-0.25, -0.2) is 0 Å². The number of hydrogen-bond acceptors (Lipinski definition) is 3. The van der Waals surface area contributed by atoms with E-state index in [1.807, 2.05) is 6.92 Å². The van der Waals surface area contributed by atoms with Crippen LogP contribution in [-0.4, -0.2) is 43.7 Å². The lowest BCUT2D eigenvalue weighted by Crippen LogP contribution is -3.13. The van der Waals surface area contributed by atoms with Gasteiger partial charge in [0.15, 0.2) is 0 Å². The van der Waals surface area contributed by atoms with Crippen molar-refractivity contribution in [1.82, 2.24) is 0 Å². The second-order valence-corrected chi connectivity index (χ2v) is 5.02. The molecule has 0 amide bonds. The van der Waals surface area contributed by atoms with Crippen molar-refractivity contribution in [2.24, 2.45) is 0 Å². The summed E-state index contributed by atoms with van der Waals surface area (Å²) in [5.74, 6) is 1.52. The smallest absolute Gasteiger partial charge is 0.315 e. The van der Waals surface area contributed by atoms with E-state index in [-0.39, 0.29) is 5.97 Å². The van der Waals surface area contributed by atoms with Gasteiger partial charge in [0.25, 0.3) is 0 Å². The third-order valence-electron chi connectivity index (χ3n) is 2.69. The van der Waals surface area contributed by atoms with Crippen molar-refractivity contribution < 1.29 is 14.4 Å². The quantitative estimate of drug-likeness (QED) is 0.529. The van der Waals surface area contributed by atoms with E-state index >= 15 is 0 Å². The molecule has 1 heterocycles.